The minimum absolute atomic E-state index is 0.00692. The van der Waals surface area contributed by atoms with Crippen molar-refractivity contribution in [2.75, 3.05) is 0 Å². The molecule has 4 atom stereocenters. The smallest absolute Gasteiger partial charge is 0.155 e. The van der Waals surface area contributed by atoms with Gasteiger partial charge in [0, 0.05) is 5.41 Å². The summed E-state index contributed by atoms with van der Waals surface area (Å²) in [4.78, 5) is 11.5. The number of Topliss-reactive ketones (excluding diaryl/α,β-unsaturated/α-hetero) is 1. The SMILES string of the molecule is CC(=O)C1=CC(O)C2(C)CCCC(C)(O)C2C1. The highest BCUT2D eigenvalue weighted by Crippen LogP contribution is 2.53. The maximum atomic E-state index is 11.5. The molecule has 2 N–H and O–H groups in total. The van der Waals surface area contributed by atoms with Crippen molar-refractivity contribution in [2.24, 2.45) is 11.3 Å². The van der Waals surface area contributed by atoms with Gasteiger partial charge in [-0.1, -0.05) is 6.92 Å². The Labute approximate surface area is 103 Å². The standard InChI is InChI=1S/C14H22O3/c1-9(15)10-7-11-13(2,12(16)8-10)5-4-6-14(11,3)17/h8,11-12,16-17H,4-7H2,1-3H3. The number of aliphatic hydroxyl groups is 2. The largest absolute Gasteiger partial charge is 0.390 e. The summed E-state index contributed by atoms with van der Waals surface area (Å²) < 4.78 is 0. The van der Waals surface area contributed by atoms with Gasteiger partial charge in [-0.15, -0.1) is 0 Å². The van der Waals surface area contributed by atoms with Crippen molar-refractivity contribution in [1.82, 2.24) is 0 Å². The van der Waals surface area contributed by atoms with Crippen molar-refractivity contribution in [2.45, 2.75) is 58.2 Å². The first-order valence-electron chi connectivity index (χ1n) is 6.39. The lowest BCUT2D eigenvalue weighted by atomic mass is 9.54. The van der Waals surface area contributed by atoms with Crippen molar-refractivity contribution in [3.63, 3.8) is 0 Å². The van der Waals surface area contributed by atoms with Crippen LogP contribution in [-0.2, 0) is 4.79 Å². The molecule has 3 heteroatoms. The summed E-state index contributed by atoms with van der Waals surface area (Å²) in [6.45, 7) is 5.40. The Hall–Kier alpha value is -0.670. The first-order chi connectivity index (χ1) is 7.77. The molecule has 17 heavy (non-hydrogen) atoms. The molecule has 0 radical (unpaired) electrons. The summed E-state index contributed by atoms with van der Waals surface area (Å²) in [7, 11) is 0. The molecule has 2 aliphatic rings. The predicted molar refractivity (Wildman–Crippen MR) is 65.5 cm³/mol. The number of carbonyl (C=O) groups is 1. The van der Waals surface area contributed by atoms with E-state index in [-0.39, 0.29) is 17.1 Å². The molecule has 96 valence electrons. The van der Waals surface area contributed by atoms with Crippen LogP contribution in [0.4, 0.5) is 0 Å². The molecule has 2 aliphatic carbocycles. The second-order valence-electron chi connectivity index (χ2n) is 6.17. The molecule has 0 aliphatic heterocycles. The molecule has 0 heterocycles. The van der Waals surface area contributed by atoms with Gasteiger partial charge in [-0.3, -0.25) is 4.79 Å². The van der Waals surface area contributed by atoms with E-state index in [1.54, 1.807) is 6.08 Å². The number of carbonyl (C=O) groups excluding carboxylic acids is 1. The van der Waals surface area contributed by atoms with E-state index in [2.05, 4.69) is 0 Å². The van der Waals surface area contributed by atoms with Crippen LogP contribution in [0.5, 0.6) is 0 Å². The Kier molecular flexibility index (Phi) is 2.95. The molecule has 0 aromatic heterocycles. The number of hydrogen-bond acceptors (Lipinski definition) is 3. The van der Waals surface area contributed by atoms with Crippen molar-refractivity contribution >= 4 is 5.78 Å². The van der Waals surface area contributed by atoms with Crippen molar-refractivity contribution in [1.29, 1.82) is 0 Å². The minimum atomic E-state index is -0.775. The zero-order valence-corrected chi connectivity index (χ0v) is 10.9. The second-order valence-corrected chi connectivity index (χ2v) is 6.17. The first kappa shape index (κ1) is 12.8. The average molecular weight is 238 g/mol. The summed E-state index contributed by atoms with van der Waals surface area (Å²) in [6.07, 6.45) is 4.27. The molecule has 0 aromatic carbocycles. The van der Waals surface area contributed by atoms with E-state index in [0.29, 0.717) is 12.0 Å². The van der Waals surface area contributed by atoms with Crippen LogP contribution in [-0.4, -0.2) is 27.7 Å². The third-order valence-electron chi connectivity index (χ3n) is 4.86. The lowest BCUT2D eigenvalue weighted by Gasteiger charge is -2.53. The number of hydrogen-bond donors (Lipinski definition) is 2. The van der Waals surface area contributed by atoms with Crippen molar-refractivity contribution in [3.05, 3.63) is 11.6 Å². The van der Waals surface area contributed by atoms with Gasteiger partial charge in [0.25, 0.3) is 0 Å². The van der Waals surface area contributed by atoms with Gasteiger partial charge >= 0.3 is 0 Å². The molecule has 0 amide bonds. The molecule has 0 saturated heterocycles. The Morgan fingerprint density at radius 2 is 2.06 bits per heavy atom. The molecule has 0 spiro atoms. The summed E-state index contributed by atoms with van der Waals surface area (Å²) in [5.74, 6) is -0.0184. The number of aliphatic hydroxyl groups excluding tert-OH is 1. The summed E-state index contributed by atoms with van der Waals surface area (Å²) in [5.41, 5.74) is -0.397. The summed E-state index contributed by atoms with van der Waals surface area (Å²) in [5, 5.41) is 20.8. The third-order valence-corrected chi connectivity index (χ3v) is 4.86. The molecule has 0 bridgehead atoms. The Balaban J connectivity index is 2.40. The molecular weight excluding hydrogens is 216 g/mol. The number of fused-ring (bicyclic) bond motifs is 1. The molecular formula is C14H22O3. The summed E-state index contributed by atoms with van der Waals surface area (Å²) >= 11 is 0. The van der Waals surface area contributed by atoms with Gasteiger partial charge in [0.05, 0.1) is 11.7 Å². The molecule has 2 rings (SSSR count). The number of allylic oxidation sites excluding steroid dienone is 1. The molecule has 3 nitrogen and oxygen atoms in total. The van der Waals surface area contributed by atoms with Crippen LogP contribution in [0.15, 0.2) is 11.6 Å². The van der Waals surface area contributed by atoms with E-state index in [1.807, 2.05) is 13.8 Å². The highest BCUT2D eigenvalue weighted by molar-refractivity contribution is 5.93. The summed E-state index contributed by atoms with van der Waals surface area (Å²) in [6, 6.07) is 0. The number of ketones is 1. The Morgan fingerprint density at radius 3 is 2.65 bits per heavy atom. The van der Waals surface area contributed by atoms with Crippen molar-refractivity contribution < 1.29 is 15.0 Å². The highest BCUT2D eigenvalue weighted by Gasteiger charge is 2.53. The average Bonchev–Trinajstić information content (AvgIpc) is 2.19. The van der Waals surface area contributed by atoms with E-state index in [4.69, 9.17) is 0 Å². The fourth-order valence-electron chi connectivity index (χ4n) is 3.62. The van der Waals surface area contributed by atoms with Crippen LogP contribution in [0, 0.1) is 11.3 Å². The van der Waals surface area contributed by atoms with E-state index >= 15 is 0 Å². The predicted octanol–water partition coefficient (Wildman–Crippen LogP) is 1.82. The zero-order chi connectivity index (χ0) is 12.8. The van der Waals surface area contributed by atoms with E-state index in [1.165, 1.54) is 6.92 Å². The maximum Gasteiger partial charge on any atom is 0.155 e. The zero-order valence-electron chi connectivity index (χ0n) is 10.9. The van der Waals surface area contributed by atoms with Gasteiger partial charge in [-0.2, -0.15) is 0 Å². The Morgan fingerprint density at radius 1 is 1.41 bits per heavy atom. The van der Waals surface area contributed by atoms with Crippen LogP contribution in [0.1, 0.15) is 46.5 Å². The van der Waals surface area contributed by atoms with Crippen LogP contribution in [0.3, 0.4) is 0 Å². The van der Waals surface area contributed by atoms with Gasteiger partial charge in [0.2, 0.25) is 0 Å². The Bertz CT molecular complexity index is 370. The fourth-order valence-corrected chi connectivity index (χ4v) is 3.62. The molecule has 1 saturated carbocycles. The molecule has 4 unspecified atom stereocenters. The first-order valence-corrected chi connectivity index (χ1v) is 6.39. The second kappa shape index (κ2) is 3.92. The van der Waals surface area contributed by atoms with E-state index < -0.39 is 11.7 Å². The van der Waals surface area contributed by atoms with Gasteiger partial charge in [0.15, 0.2) is 5.78 Å². The van der Waals surface area contributed by atoms with Gasteiger partial charge in [0.1, 0.15) is 0 Å². The van der Waals surface area contributed by atoms with E-state index in [9.17, 15) is 15.0 Å². The van der Waals surface area contributed by atoms with Gasteiger partial charge in [-0.25, -0.2) is 0 Å². The lowest BCUT2D eigenvalue weighted by molar-refractivity contribution is -0.135. The number of rotatable bonds is 1. The maximum absolute atomic E-state index is 11.5. The monoisotopic (exact) mass is 238 g/mol. The van der Waals surface area contributed by atoms with E-state index in [0.717, 1.165) is 19.3 Å². The normalized spacial score (nSPS) is 46.1. The van der Waals surface area contributed by atoms with Crippen LogP contribution in [0.2, 0.25) is 0 Å². The van der Waals surface area contributed by atoms with Crippen LogP contribution in [0.25, 0.3) is 0 Å². The van der Waals surface area contributed by atoms with Crippen LogP contribution >= 0.6 is 0 Å². The quantitative estimate of drug-likeness (QED) is 0.732. The van der Waals surface area contributed by atoms with Crippen molar-refractivity contribution in [3.8, 4) is 0 Å². The fraction of sp³-hybridized carbons (Fsp3) is 0.786. The van der Waals surface area contributed by atoms with Gasteiger partial charge in [-0.05, 0) is 57.1 Å². The van der Waals surface area contributed by atoms with Crippen LogP contribution < -0.4 is 0 Å². The lowest BCUT2D eigenvalue weighted by Crippen LogP contribution is -2.55. The minimum Gasteiger partial charge on any atom is -0.390 e. The topological polar surface area (TPSA) is 57.5 Å². The molecule has 0 aromatic rings. The molecule has 1 fully saturated rings. The highest BCUT2D eigenvalue weighted by atomic mass is 16.3. The van der Waals surface area contributed by atoms with Gasteiger partial charge < -0.3 is 10.2 Å². The third kappa shape index (κ3) is 1.95.